The molecule has 1 unspecified atom stereocenters. The number of carbonyl (C=O) groups is 1. The van der Waals surface area contributed by atoms with Crippen molar-refractivity contribution in [3.63, 3.8) is 0 Å². The number of carbonyl (C=O) groups excluding carboxylic acids is 1. The molecule has 0 aliphatic carbocycles. The van der Waals surface area contributed by atoms with Crippen molar-refractivity contribution < 1.29 is 9.90 Å². The highest BCUT2D eigenvalue weighted by molar-refractivity contribution is 5.91. The Morgan fingerprint density at radius 2 is 2.12 bits per heavy atom. The van der Waals surface area contributed by atoms with Gasteiger partial charge in [-0.3, -0.25) is 4.79 Å². The molecule has 0 saturated heterocycles. The average molecular weight is 221 g/mol. The van der Waals surface area contributed by atoms with Gasteiger partial charge in [0.1, 0.15) is 0 Å². The van der Waals surface area contributed by atoms with Crippen LogP contribution in [0.1, 0.15) is 24.5 Å². The van der Waals surface area contributed by atoms with Gasteiger partial charge in [-0.2, -0.15) is 0 Å². The van der Waals surface area contributed by atoms with Crippen molar-refractivity contribution >= 4 is 11.6 Å². The van der Waals surface area contributed by atoms with Gasteiger partial charge in [0, 0.05) is 18.7 Å². The summed E-state index contributed by atoms with van der Waals surface area (Å²) in [5.41, 5.74) is 3.09. The first-order chi connectivity index (χ1) is 7.52. The van der Waals surface area contributed by atoms with E-state index in [0.29, 0.717) is 6.42 Å². The molecular weight excluding hydrogens is 202 g/mol. The van der Waals surface area contributed by atoms with Gasteiger partial charge in [-0.1, -0.05) is 24.6 Å². The monoisotopic (exact) mass is 221 g/mol. The summed E-state index contributed by atoms with van der Waals surface area (Å²) in [6, 6.07) is 5.91. The molecule has 1 rings (SSSR count). The maximum atomic E-state index is 11.6. The highest BCUT2D eigenvalue weighted by atomic mass is 16.3. The van der Waals surface area contributed by atoms with E-state index in [-0.39, 0.29) is 18.4 Å². The highest BCUT2D eigenvalue weighted by Crippen LogP contribution is 2.16. The smallest absolute Gasteiger partial charge is 0.224 e. The van der Waals surface area contributed by atoms with Crippen molar-refractivity contribution in [2.45, 2.75) is 27.2 Å². The first-order valence-electron chi connectivity index (χ1n) is 5.51. The van der Waals surface area contributed by atoms with Gasteiger partial charge in [-0.05, 0) is 31.4 Å². The standard InChI is InChI=1S/C13H19NO2/c1-9-4-5-12(11(3)6-9)14-13(16)7-10(2)8-15/h4-6,10,15H,7-8H2,1-3H3,(H,14,16). The zero-order chi connectivity index (χ0) is 12.1. The van der Waals surface area contributed by atoms with Gasteiger partial charge >= 0.3 is 0 Å². The molecule has 1 aromatic carbocycles. The topological polar surface area (TPSA) is 49.3 Å². The van der Waals surface area contributed by atoms with E-state index in [9.17, 15) is 4.79 Å². The van der Waals surface area contributed by atoms with Crippen LogP contribution in [0.5, 0.6) is 0 Å². The van der Waals surface area contributed by atoms with E-state index in [1.807, 2.05) is 39.0 Å². The predicted molar refractivity (Wildman–Crippen MR) is 65.4 cm³/mol. The number of aryl methyl sites for hydroxylation is 2. The second-order valence-electron chi connectivity index (χ2n) is 4.36. The molecule has 0 fully saturated rings. The Morgan fingerprint density at radius 1 is 1.44 bits per heavy atom. The third kappa shape index (κ3) is 3.66. The van der Waals surface area contributed by atoms with Crippen LogP contribution < -0.4 is 5.32 Å². The van der Waals surface area contributed by atoms with Gasteiger partial charge in [0.2, 0.25) is 5.91 Å². The first-order valence-corrected chi connectivity index (χ1v) is 5.51. The number of benzene rings is 1. The lowest BCUT2D eigenvalue weighted by Crippen LogP contribution is -2.17. The summed E-state index contributed by atoms with van der Waals surface area (Å²) < 4.78 is 0. The molecule has 0 radical (unpaired) electrons. The van der Waals surface area contributed by atoms with Crippen LogP contribution in [0.4, 0.5) is 5.69 Å². The van der Waals surface area contributed by atoms with Gasteiger partial charge in [-0.15, -0.1) is 0 Å². The van der Waals surface area contributed by atoms with Gasteiger partial charge in [0.05, 0.1) is 0 Å². The fourth-order valence-electron chi connectivity index (χ4n) is 1.54. The van der Waals surface area contributed by atoms with E-state index >= 15 is 0 Å². The minimum absolute atomic E-state index is 0.00533. The zero-order valence-corrected chi connectivity index (χ0v) is 10.1. The number of rotatable bonds is 4. The molecule has 2 N–H and O–H groups in total. The lowest BCUT2D eigenvalue weighted by molar-refractivity contribution is -0.117. The third-order valence-corrected chi connectivity index (χ3v) is 2.50. The Labute approximate surface area is 96.5 Å². The average Bonchev–Trinajstić information content (AvgIpc) is 2.22. The summed E-state index contributed by atoms with van der Waals surface area (Å²) in [5, 5.41) is 11.7. The fourth-order valence-corrected chi connectivity index (χ4v) is 1.54. The molecule has 0 spiro atoms. The predicted octanol–water partition coefficient (Wildman–Crippen LogP) is 2.26. The Hall–Kier alpha value is -1.35. The number of anilines is 1. The van der Waals surface area contributed by atoms with Crippen molar-refractivity contribution in [1.29, 1.82) is 0 Å². The van der Waals surface area contributed by atoms with Crippen molar-refractivity contribution in [2.24, 2.45) is 5.92 Å². The Kier molecular flexibility index (Phi) is 4.50. The first kappa shape index (κ1) is 12.7. The lowest BCUT2D eigenvalue weighted by Gasteiger charge is -2.11. The molecule has 0 aliphatic rings. The lowest BCUT2D eigenvalue weighted by atomic mass is 10.1. The summed E-state index contributed by atoms with van der Waals surface area (Å²) >= 11 is 0. The molecule has 0 aliphatic heterocycles. The second kappa shape index (κ2) is 5.66. The summed E-state index contributed by atoms with van der Waals surface area (Å²) in [6.45, 7) is 5.88. The number of amides is 1. The molecule has 1 aromatic rings. The van der Waals surface area contributed by atoms with Gasteiger partial charge in [-0.25, -0.2) is 0 Å². The molecule has 1 atom stereocenters. The van der Waals surface area contributed by atoms with Crippen LogP contribution in [0.15, 0.2) is 18.2 Å². The molecule has 88 valence electrons. The van der Waals surface area contributed by atoms with Crippen molar-refractivity contribution in [1.82, 2.24) is 0 Å². The van der Waals surface area contributed by atoms with Crippen molar-refractivity contribution in [3.05, 3.63) is 29.3 Å². The van der Waals surface area contributed by atoms with Gasteiger partial charge in [0.15, 0.2) is 0 Å². The molecule has 3 heteroatoms. The zero-order valence-electron chi connectivity index (χ0n) is 10.1. The van der Waals surface area contributed by atoms with Crippen molar-refractivity contribution in [2.75, 3.05) is 11.9 Å². The quantitative estimate of drug-likeness (QED) is 0.819. The van der Waals surface area contributed by atoms with E-state index in [4.69, 9.17) is 5.11 Å². The molecule has 0 heterocycles. The third-order valence-electron chi connectivity index (χ3n) is 2.50. The van der Waals surface area contributed by atoms with E-state index < -0.39 is 0 Å². The number of nitrogens with one attached hydrogen (secondary N) is 1. The SMILES string of the molecule is Cc1ccc(NC(=O)CC(C)CO)c(C)c1. The minimum Gasteiger partial charge on any atom is -0.396 e. The van der Waals surface area contributed by atoms with E-state index in [1.54, 1.807) is 0 Å². The van der Waals surface area contributed by atoms with Crippen LogP contribution >= 0.6 is 0 Å². The molecule has 0 saturated carbocycles. The summed E-state index contributed by atoms with van der Waals surface area (Å²) in [7, 11) is 0. The maximum Gasteiger partial charge on any atom is 0.224 e. The minimum atomic E-state index is -0.0477. The number of aliphatic hydroxyl groups is 1. The molecule has 3 nitrogen and oxygen atoms in total. The van der Waals surface area contributed by atoms with Crippen molar-refractivity contribution in [3.8, 4) is 0 Å². The number of hydrogen-bond donors (Lipinski definition) is 2. The Morgan fingerprint density at radius 3 is 2.69 bits per heavy atom. The molecular formula is C13H19NO2. The van der Waals surface area contributed by atoms with Crippen LogP contribution in [0.25, 0.3) is 0 Å². The Bertz CT molecular complexity index is 374. The fraction of sp³-hybridized carbons (Fsp3) is 0.462. The number of hydrogen-bond acceptors (Lipinski definition) is 2. The summed E-state index contributed by atoms with van der Waals surface area (Å²) in [5.74, 6) is -0.0424. The van der Waals surface area contributed by atoms with Crippen LogP contribution in [0, 0.1) is 19.8 Å². The van der Waals surface area contributed by atoms with Gasteiger partial charge in [0.25, 0.3) is 0 Å². The van der Waals surface area contributed by atoms with E-state index in [0.717, 1.165) is 11.3 Å². The summed E-state index contributed by atoms with van der Waals surface area (Å²) in [6.07, 6.45) is 0.351. The highest BCUT2D eigenvalue weighted by Gasteiger charge is 2.09. The van der Waals surface area contributed by atoms with E-state index in [2.05, 4.69) is 5.32 Å². The Balaban J connectivity index is 2.63. The molecule has 16 heavy (non-hydrogen) atoms. The molecule has 0 aromatic heterocycles. The second-order valence-corrected chi connectivity index (χ2v) is 4.36. The normalized spacial score (nSPS) is 12.2. The largest absolute Gasteiger partial charge is 0.396 e. The maximum absolute atomic E-state index is 11.6. The molecule has 1 amide bonds. The molecule has 0 bridgehead atoms. The van der Waals surface area contributed by atoms with Crippen LogP contribution in [-0.4, -0.2) is 17.6 Å². The summed E-state index contributed by atoms with van der Waals surface area (Å²) in [4.78, 5) is 11.6. The van der Waals surface area contributed by atoms with E-state index in [1.165, 1.54) is 5.56 Å². The van der Waals surface area contributed by atoms with Gasteiger partial charge < -0.3 is 10.4 Å². The van der Waals surface area contributed by atoms with Crippen LogP contribution in [-0.2, 0) is 4.79 Å². The van der Waals surface area contributed by atoms with Crippen LogP contribution in [0.2, 0.25) is 0 Å². The van der Waals surface area contributed by atoms with Crippen LogP contribution in [0.3, 0.4) is 0 Å². The number of aliphatic hydroxyl groups excluding tert-OH is 1.